The van der Waals surface area contributed by atoms with Gasteiger partial charge in [0.25, 0.3) is 5.91 Å². The van der Waals surface area contributed by atoms with Crippen LogP contribution in [0.1, 0.15) is 39.8 Å². The number of hydrogen-bond donors (Lipinski definition) is 1. The number of likely N-dealkylation sites (tertiary alicyclic amines) is 1. The van der Waals surface area contributed by atoms with Crippen molar-refractivity contribution in [3.63, 3.8) is 0 Å². The number of hydrogen-bond acceptors (Lipinski definition) is 6. The molecule has 0 radical (unpaired) electrons. The zero-order chi connectivity index (χ0) is 15.5. The molecule has 3 heterocycles. The second kappa shape index (κ2) is 6.50. The zero-order valence-electron chi connectivity index (χ0n) is 12.7. The van der Waals surface area contributed by atoms with Gasteiger partial charge in [-0.25, -0.2) is 9.97 Å². The standard InChI is InChI=1S/C15H19N5OS/c1-10-6-18-15(22-10)19-14(21)13-8-16-12(7-17-13)11-4-3-5-20(2)9-11/h6-8,11H,3-5,9H2,1-2H3,(H,18,19,21). The van der Waals surface area contributed by atoms with Crippen LogP contribution in [0.3, 0.4) is 0 Å². The average molecular weight is 317 g/mol. The summed E-state index contributed by atoms with van der Waals surface area (Å²) in [6.45, 7) is 4.08. The molecule has 6 nitrogen and oxygen atoms in total. The van der Waals surface area contributed by atoms with E-state index < -0.39 is 0 Å². The molecule has 1 fully saturated rings. The molecule has 1 aliphatic heterocycles. The molecule has 1 amide bonds. The third-order valence-corrected chi connectivity index (χ3v) is 4.62. The predicted molar refractivity (Wildman–Crippen MR) is 86.3 cm³/mol. The maximum Gasteiger partial charge on any atom is 0.277 e. The van der Waals surface area contributed by atoms with Crippen molar-refractivity contribution < 1.29 is 4.79 Å². The molecular weight excluding hydrogens is 298 g/mol. The molecule has 1 N–H and O–H groups in total. The molecule has 2 aromatic rings. The van der Waals surface area contributed by atoms with E-state index in [-0.39, 0.29) is 5.91 Å². The third kappa shape index (κ3) is 3.48. The molecule has 2 aromatic heterocycles. The molecule has 0 aliphatic carbocycles. The van der Waals surface area contributed by atoms with E-state index in [2.05, 4.69) is 32.2 Å². The Morgan fingerprint density at radius 1 is 1.32 bits per heavy atom. The van der Waals surface area contributed by atoms with Crippen molar-refractivity contribution in [2.45, 2.75) is 25.7 Å². The van der Waals surface area contributed by atoms with Gasteiger partial charge in [0.1, 0.15) is 5.69 Å². The number of aromatic nitrogens is 3. The highest BCUT2D eigenvalue weighted by molar-refractivity contribution is 7.15. The van der Waals surface area contributed by atoms with Gasteiger partial charge < -0.3 is 4.90 Å². The van der Waals surface area contributed by atoms with E-state index >= 15 is 0 Å². The van der Waals surface area contributed by atoms with Crippen LogP contribution in [0.2, 0.25) is 0 Å². The van der Waals surface area contributed by atoms with E-state index in [1.54, 1.807) is 18.6 Å². The number of nitrogens with one attached hydrogen (secondary N) is 1. The Morgan fingerprint density at radius 2 is 2.18 bits per heavy atom. The molecule has 0 aromatic carbocycles. The molecule has 1 atom stereocenters. The lowest BCUT2D eigenvalue weighted by Crippen LogP contribution is -2.31. The number of likely N-dealkylation sites (N-methyl/N-ethyl adjacent to an activating group) is 1. The van der Waals surface area contributed by atoms with Gasteiger partial charge in [0.15, 0.2) is 5.13 Å². The van der Waals surface area contributed by atoms with Crippen LogP contribution in [0.5, 0.6) is 0 Å². The van der Waals surface area contributed by atoms with Gasteiger partial charge in [-0.15, -0.1) is 11.3 Å². The molecule has 7 heteroatoms. The highest BCUT2D eigenvalue weighted by atomic mass is 32.1. The van der Waals surface area contributed by atoms with E-state index in [9.17, 15) is 4.79 Å². The van der Waals surface area contributed by atoms with Gasteiger partial charge in [-0.05, 0) is 33.4 Å². The minimum Gasteiger partial charge on any atom is -0.306 e. The lowest BCUT2D eigenvalue weighted by molar-refractivity contribution is 0.102. The monoisotopic (exact) mass is 317 g/mol. The summed E-state index contributed by atoms with van der Waals surface area (Å²) in [6.07, 6.45) is 7.32. The summed E-state index contributed by atoms with van der Waals surface area (Å²) >= 11 is 1.44. The van der Waals surface area contributed by atoms with Crippen LogP contribution in [0.25, 0.3) is 0 Å². The summed E-state index contributed by atoms with van der Waals surface area (Å²) in [7, 11) is 2.12. The fraction of sp³-hybridized carbons (Fsp3) is 0.467. The summed E-state index contributed by atoms with van der Waals surface area (Å²) in [4.78, 5) is 28.3. The predicted octanol–water partition coefficient (Wildman–Crippen LogP) is 2.30. The summed E-state index contributed by atoms with van der Waals surface area (Å²) in [5.74, 6) is 0.138. The first-order chi connectivity index (χ1) is 10.6. The highest BCUT2D eigenvalue weighted by Crippen LogP contribution is 2.24. The number of piperidine rings is 1. The SMILES string of the molecule is Cc1cnc(NC(=O)c2cnc(C3CCCN(C)C3)cn2)s1. The summed E-state index contributed by atoms with van der Waals surface area (Å²) < 4.78 is 0. The molecule has 0 saturated carbocycles. The fourth-order valence-electron chi connectivity index (χ4n) is 2.65. The number of anilines is 1. The molecule has 1 aliphatic rings. The molecule has 3 rings (SSSR count). The van der Waals surface area contributed by atoms with Gasteiger partial charge in [-0.2, -0.15) is 0 Å². The number of nitrogens with zero attached hydrogens (tertiary/aromatic N) is 4. The average Bonchev–Trinajstić information content (AvgIpc) is 2.92. The van der Waals surface area contributed by atoms with Gasteiger partial charge in [-0.3, -0.25) is 15.1 Å². The Bertz CT molecular complexity index is 654. The molecule has 0 bridgehead atoms. The molecular formula is C15H19N5OS. The van der Waals surface area contributed by atoms with Crippen LogP contribution < -0.4 is 5.32 Å². The largest absolute Gasteiger partial charge is 0.306 e. The van der Waals surface area contributed by atoms with E-state index in [1.165, 1.54) is 17.8 Å². The fourth-order valence-corrected chi connectivity index (χ4v) is 3.31. The molecule has 0 spiro atoms. The van der Waals surface area contributed by atoms with Crippen LogP contribution in [-0.2, 0) is 0 Å². The first kappa shape index (κ1) is 15.1. The first-order valence-electron chi connectivity index (χ1n) is 7.36. The smallest absolute Gasteiger partial charge is 0.277 e. The Kier molecular flexibility index (Phi) is 4.44. The lowest BCUT2D eigenvalue weighted by atomic mass is 9.95. The number of amides is 1. The van der Waals surface area contributed by atoms with Gasteiger partial charge in [0.2, 0.25) is 0 Å². The van der Waals surface area contributed by atoms with Crippen LogP contribution in [-0.4, -0.2) is 45.9 Å². The quantitative estimate of drug-likeness (QED) is 0.940. The van der Waals surface area contributed by atoms with E-state index in [4.69, 9.17) is 0 Å². The van der Waals surface area contributed by atoms with Gasteiger partial charge in [-0.1, -0.05) is 0 Å². The van der Waals surface area contributed by atoms with Crippen molar-refractivity contribution in [3.05, 3.63) is 34.9 Å². The summed E-state index contributed by atoms with van der Waals surface area (Å²) in [5, 5.41) is 3.33. The van der Waals surface area contributed by atoms with Gasteiger partial charge in [0, 0.05) is 29.7 Å². The summed E-state index contributed by atoms with van der Waals surface area (Å²) in [6, 6.07) is 0. The van der Waals surface area contributed by atoms with Crippen LogP contribution in [0.15, 0.2) is 18.6 Å². The van der Waals surface area contributed by atoms with Gasteiger partial charge >= 0.3 is 0 Å². The number of carbonyl (C=O) groups excluding carboxylic acids is 1. The summed E-state index contributed by atoms with van der Waals surface area (Å²) in [5.41, 5.74) is 1.29. The number of thiazole rings is 1. The zero-order valence-corrected chi connectivity index (χ0v) is 13.6. The molecule has 1 unspecified atom stereocenters. The van der Waals surface area contributed by atoms with E-state index in [0.717, 1.165) is 30.1 Å². The Morgan fingerprint density at radius 3 is 2.82 bits per heavy atom. The normalized spacial score (nSPS) is 19.1. The maximum atomic E-state index is 12.1. The second-order valence-corrected chi connectivity index (χ2v) is 6.89. The maximum absolute atomic E-state index is 12.1. The van der Waals surface area contributed by atoms with Crippen molar-refractivity contribution in [1.82, 2.24) is 19.9 Å². The van der Waals surface area contributed by atoms with Crippen molar-refractivity contribution in [2.75, 3.05) is 25.5 Å². The van der Waals surface area contributed by atoms with E-state index in [1.807, 2.05) is 6.92 Å². The number of carbonyl (C=O) groups is 1. The highest BCUT2D eigenvalue weighted by Gasteiger charge is 2.21. The Balaban J connectivity index is 1.67. The minimum absolute atomic E-state index is 0.269. The van der Waals surface area contributed by atoms with Crippen molar-refractivity contribution in [2.24, 2.45) is 0 Å². The molecule has 1 saturated heterocycles. The second-order valence-electron chi connectivity index (χ2n) is 5.66. The van der Waals surface area contributed by atoms with Crippen molar-refractivity contribution in [3.8, 4) is 0 Å². The number of rotatable bonds is 3. The number of aryl methyl sites for hydroxylation is 1. The van der Waals surface area contributed by atoms with Crippen LogP contribution >= 0.6 is 11.3 Å². The van der Waals surface area contributed by atoms with Crippen molar-refractivity contribution >= 4 is 22.4 Å². The first-order valence-corrected chi connectivity index (χ1v) is 8.18. The van der Waals surface area contributed by atoms with E-state index in [0.29, 0.717) is 16.7 Å². The third-order valence-electron chi connectivity index (χ3n) is 3.79. The molecule has 116 valence electrons. The van der Waals surface area contributed by atoms with Crippen LogP contribution in [0, 0.1) is 6.92 Å². The van der Waals surface area contributed by atoms with Gasteiger partial charge in [0.05, 0.1) is 11.9 Å². The Labute approximate surface area is 133 Å². The minimum atomic E-state index is -0.269. The molecule has 22 heavy (non-hydrogen) atoms. The topological polar surface area (TPSA) is 71.0 Å². The Hall–Kier alpha value is -1.86. The van der Waals surface area contributed by atoms with Crippen LogP contribution in [0.4, 0.5) is 5.13 Å². The lowest BCUT2D eigenvalue weighted by Gasteiger charge is -2.29. The van der Waals surface area contributed by atoms with Crippen molar-refractivity contribution in [1.29, 1.82) is 0 Å².